The summed E-state index contributed by atoms with van der Waals surface area (Å²) in [6.45, 7) is 2.43. The van der Waals surface area contributed by atoms with E-state index in [4.69, 9.17) is 10.6 Å². The molecule has 0 aliphatic heterocycles. The number of nitrogens with two attached hydrogens (primary N) is 1. The molecule has 0 bridgehead atoms. The van der Waals surface area contributed by atoms with Gasteiger partial charge in [-0.05, 0) is 18.8 Å². The quantitative estimate of drug-likeness (QED) is 0.411. The fourth-order valence-corrected chi connectivity index (χ4v) is 1.49. The number of ether oxygens (including phenoxy) is 1. The maximum Gasteiger partial charge on any atom is 0.145 e. The summed E-state index contributed by atoms with van der Waals surface area (Å²) in [5.74, 6) is 7.56. The minimum Gasteiger partial charge on any atom is -0.379 e. The average Bonchev–Trinajstić information content (AvgIpc) is 3.18. The van der Waals surface area contributed by atoms with Crippen LogP contribution in [0.1, 0.15) is 12.8 Å². The molecule has 1 aromatic rings. The molecule has 3 N–H and O–H groups in total. The number of anilines is 2. The number of hydrogen-bond donors (Lipinski definition) is 2. The Morgan fingerprint density at radius 3 is 3.06 bits per heavy atom. The molecule has 1 heterocycles. The molecule has 1 saturated carbocycles. The molecule has 0 radical (unpaired) electrons. The van der Waals surface area contributed by atoms with Crippen LogP contribution in [0, 0.1) is 5.92 Å². The van der Waals surface area contributed by atoms with Gasteiger partial charge >= 0.3 is 0 Å². The van der Waals surface area contributed by atoms with Gasteiger partial charge in [-0.2, -0.15) is 0 Å². The molecule has 0 unspecified atom stereocenters. The number of nitrogen functional groups attached to an aromatic ring is 1. The van der Waals surface area contributed by atoms with Gasteiger partial charge in [0, 0.05) is 26.3 Å². The van der Waals surface area contributed by atoms with Crippen molar-refractivity contribution in [2.75, 3.05) is 37.1 Å². The van der Waals surface area contributed by atoms with Gasteiger partial charge in [0.25, 0.3) is 0 Å². The molecule has 1 aliphatic rings. The zero-order chi connectivity index (χ0) is 12.1. The average molecular weight is 237 g/mol. The first-order valence-electron chi connectivity index (χ1n) is 5.87. The number of likely N-dealkylation sites (N-methyl/N-ethyl adjacent to an activating group) is 1. The van der Waals surface area contributed by atoms with E-state index in [-0.39, 0.29) is 0 Å². The van der Waals surface area contributed by atoms with Crippen molar-refractivity contribution in [3.05, 3.63) is 12.4 Å². The number of hydrogen-bond acceptors (Lipinski definition) is 6. The van der Waals surface area contributed by atoms with Gasteiger partial charge in [0.05, 0.1) is 6.61 Å². The summed E-state index contributed by atoms with van der Waals surface area (Å²) < 4.78 is 5.58. The zero-order valence-electron chi connectivity index (χ0n) is 10.1. The Hall–Kier alpha value is -1.40. The topological polar surface area (TPSA) is 76.3 Å². The Bertz CT molecular complexity index is 355. The fourth-order valence-electron chi connectivity index (χ4n) is 1.49. The lowest BCUT2D eigenvalue weighted by molar-refractivity contribution is 0.131. The fraction of sp³-hybridized carbons (Fsp3) is 0.636. The van der Waals surface area contributed by atoms with E-state index in [1.54, 1.807) is 6.07 Å². The van der Waals surface area contributed by atoms with Crippen molar-refractivity contribution in [2.45, 2.75) is 12.8 Å². The molecule has 17 heavy (non-hydrogen) atoms. The normalized spacial score (nSPS) is 14.7. The molecule has 2 rings (SSSR count). The van der Waals surface area contributed by atoms with Crippen LogP contribution in [0.15, 0.2) is 12.4 Å². The summed E-state index contributed by atoms with van der Waals surface area (Å²) >= 11 is 0. The molecular formula is C11H19N5O. The van der Waals surface area contributed by atoms with E-state index in [1.165, 1.54) is 19.2 Å². The van der Waals surface area contributed by atoms with E-state index in [9.17, 15) is 0 Å². The highest BCUT2D eigenvalue weighted by Gasteiger charge is 2.20. The van der Waals surface area contributed by atoms with Gasteiger partial charge < -0.3 is 15.1 Å². The molecule has 1 aromatic heterocycles. The lowest BCUT2D eigenvalue weighted by Crippen LogP contribution is -2.24. The number of aromatic nitrogens is 2. The summed E-state index contributed by atoms with van der Waals surface area (Å²) in [6, 6.07) is 1.81. The van der Waals surface area contributed by atoms with Gasteiger partial charge in [0.15, 0.2) is 0 Å². The zero-order valence-corrected chi connectivity index (χ0v) is 10.1. The van der Waals surface area contributed by atoms with Crippen LogP contribution in [-0.2, 0) is 4.74 Å². The molecule has 0 spiro atoms. The van der Waals surface area contributed by atoms with Gasteiger partial charge in [0.1, 0.15) is 18.0 Å². The van der Waals surface area contributed by atoms with E-state index >= 15 is 0 Å². The van der Waals surface area contributed by atoms with Gasteiger partial charge in [0.2, 0.25) is 0 Å². The molecular weight excluding hydrogens is 218 g/mol. The summed E-state index contributed by atoms with van der Waals surface area (Å²) in [5.41, 5.74) is 2.50. The van der Waals surface area contributed by atoms with Crippen molar-refractivity contribution in [2.24, 2.45) is 11.8 Å². The molecule has 0 amide bonds. The van der Waals surface area contributed by atoms with Gasteiger partial charge in [-0.1, -0.05) is 0 Å². The number of hydrazine groups is 1. The van der Waals surface area contributed by atoms with Gasteiger partial charge in [-0.25, -0.2) is 15.8 Å². The standard InChI is InChI=1S/C11H19N5O/c1-16(4-5-17-7-9-2-3-9)11-6-10(15-12)13-8-14-11/h6,8-9H,2-5,7,12H2,1H3,(H,13,14,15). The minimum atomic E-state index is 0.612. The van der Waals surface area contributed by atoms with E-state index in [1.807, 2.05) is 11.9 Å². The first-order chi connectivity index (χ1) is 8.29. The van der Waals surface area contributed by atoms with E-state index in [2.05, 4.69) is 15.4 Å². The highest BCUT2D eigenvalue weighted by Crippen LogP contribution is 2.28. The smallest absolute Gasteiger partial charge is 0.145 e. The Kier molecular flexibility index (Phi) is 4.11. The Balaban J connectivity index is 1.74. The molecule has 1 aliphatic carbocycles. The van der Waals surface area contributed by atoms with Crippen LogP contribution in [0.5, 0.6) is 0 Å². The lowest BCUT2D eigenvalue weighted by atomic mass is 10.4. The molecule has 1 fully saturated rings. The molecule has 94 valence electrons. The number of rotatable bonds is 7. The summed E-state index contributed by atoms with van der Waals surface area (Å²) in [7, 11) is 1.98. The van der Waals surface area contributed by atoms with Crippen LogP contribution in [0.2, 0.25) is 0 Å². The van der Waals surface area contributed by atoms with Crippen LogP contribution >= 0.6 is 0 Å². The largest absolute Gasteiger partial charge is 0.379 e. The Morgan fingerprint density at radius 2 is 2.35 bits per heavy atom. The molecule has 0 saturated heterocycles. The predicted molar refractivity (Wildman–Crippen MR) is 66.7 cm³/mol. The van der Waals surface area contributed by atoms with E-state index in [0.717, 1.165) is 31.5 Å². The maximum absolute atomic E-state index is 5.58. The monoisotopic (exact) mass is 237 g/mol. The maximum atomic E-state index is 5.58. The van der Waals surface area contributed by atoms with Gasteiger partial charge in [-0.15, -0.1) is 0 Å². The van der Waals surface area contributed by atoms with Crippen molar-refractivity contribution in [1.82, 2.24) is 9.97 Å². The van der Waals surface area contributed by atoms with Crippen molar-refractivity contribution in [3.63, 3.8) is 0 Å². The van der Waals surface area contributed by atoms with Crippen LogP contribution in [-0.4, -0.2) is 36.8 Å². The second kappa shape index (κ2) is 5.79. The molecule has 0 atom stereocenters. The van der Waals surface area contributed by atoms with Crippen molar-refractivity contribution in [1.29, 1.82) is 0 Å². The predicted octanol–water partition coefficient (Wildman–Crippen LogP) is 0.625. The van der Waals surface area contributed by atoms with Crippen LogP contribution in [0.4, 0.5) is 11.6 Å². The van der Waals surface area contributed by atoms with E-state index in [0.29, 0.717) is 5.82 Å². The van der Waals surface area contributed by atoms with Crippen molar-refractivity contribution in [3.8, 4) is 0 Å². The van der Waals surface area contributed by atoms with Crippen LogP contribution in [0.3, 0.4) is 0 Å². The van der Waals surface area contributed by atoms with Crippen LogP contribution in [0.25, 0.3) is 0 Å². The number of nitrogens with zero attached hydrogens (tertiary/aromatic N) is 3. The first kappa shape index (κ1) is 12.1. The first-order valence-corrected chi connectivity index (χ1v) is 5.87. The van der Waals surface area contributed by atoms with Crippen molar-refractivity contribution >= 4 is 11.6 Å². The van der Waals surface area contributed by atoms with Crippen LogP contribution < -0.4 is 16.2 Å². The van der Waals surface area contributed by atoms with Gasteiger partial charge in [-0.3, -0.25) is 0 Å². The number of nitrogens with one attached hydrogen (secondary N) is 1. The Labute approximate surface area is 101 Å². The second-order valence-corrected chi connectivity index (χ2v) is 4.35. The van der Waals surface area contributed by atoms with E-state index < -0.39 is 0 Å². The second-order valence-electron chi connectivity index (χ2n) is 4.35. The third-order valence-corrected chi connectivity index (χ3v) is 2.81. The molecule has 0 aromatic carbocycles. The summed E-state index contributed by atoms with van der Waals surface area (Å²) in [6.07, 6.45) is 4.15. The third-order valence-electron chi connectivity index (χ3n) is 2.81. The lowest BCUT2D eigenvalue weighted by Gasteiger charge is -2.18. The summed E-state index contributed by atoms with van der Waals surface area (Å²) in [4.78, 5) is 10.2. The molecule has 6 nitrogen and oxygen atoms in total. The minimum absolute atomic E-state index is 0.612. The highest BCUT2D eigenvalue weighted by atomic mass is 16.5. The highest BCUT2D eigenvalue weighted by molar-refractivity contribution is 5.47. The Morgan fingerprint density at radius 1 is 1.53 bits per heavy atom. The SMILES string of the molecule is CN(CCOCC1CC1)c1cc(NN)ncn1. The third kappa shape index (κ3) is 3.83. The van der Waals surface area contributed by atoms with Crippen molar-refractivity contribution < 1.29 is 4.74 Å². The molecule has 6 heteroatoms. The summed E-state index contributed by atoms with van der Waals surface area (Å²) in [5, 5.41) is 0.